The molecule has 1 rings (SSSR count). The van der Waals surface area contributed by atoms with E-state index in [0.717, 1.165) is 25.4 Å². The molecule has 0 spiro atoms. The van der Waals surface area contributed by atoms with Crippen molar-refractivity contribution in [1.29, 1.82) is 0 Å². The van der Waals surface area contributed by atoms with Gasteiger partial charge in [-0.05, 0) is 24.8 Å². The number of nitrogens with one attached hydrogen (secondary N) is 1. The molecule has 0 amide bonds. The summed E-state index contributed by atoms with van der Waals surface area (Å²) in [5, 5.41) is 3.26. The van der Waals surface area contributed by atoms with Crippen molar-refractivity contribution >= 4 is 5.82 Å². The molecule has 1 N–H and O–H groups in total. The zero-order chi connectivity index (χ0) is 12.5. The summed E-state index contributed by atoms with van der Waals surface area (Å²) in [5.41, 5.74) is 0. The highest BCUT2D eigenvalue weighted by atomic mass is 16.5. The number of anilines is 1. The van der Waals surface area contributed by atoms with E-state index in [1.54, 1.807) is 0 Å². The predicted octanol–water partition coefficient (Wildman–Crippen LogP) is 3.72. The Bertz CT molecular complexity index is 315. The van der Waals surface area contributed by atoms with Gasteiger partial charge in [-0.2, -0.15) is 4.98 Å². The van der Waals surface area contributed by atoms with Crippen LogP contribution in [-0.2, 0) is 0 Å². The molecule has 17 heavy (non-hydrogen) atoms. The molecule has 0 aliphatic carbocycles. The maximum absolute atomic E-state index is 5.69. The maximum atomic E-state index is 5.69. The molecule has 0 aliphatic heterocycles. The van der Waals surface area contributed by atoms with Gasteiger partial charge in [0.25, 0.3) is 0 Å². The normalized spacial score (nSPS) is 12.2. The van der Waals surface area contributed by atoms with Crippen LogP contribution in [0, 0.1) is 5.92 Å². The van der Waals surface area contributed by atoms with Crippen LogP contribution >= 0.6 is 0 Å². The molecule has 0 aliphatic rings. The molecule has 1 aromatic heterocycles. The molecule has 0 fully saturated rings. The van der Waals surface area contributed by atoms with E-state index < -0.39 is 0 Å². The van der Waals surface area contributed by atoms with E-state index >= 15 is 0 Å². The lowest BCUT2D eigenvalue weighted by Gasteiger charge is -2.12. The van der Waals surface area contributed by atoms with Crippen LogP contribution in [0.15, 0.2) is 18.2 Å². The van der Waals surface area contributed by atoms with Crippen molar-refractivity contribution < 1.29 is 4.74 Å². The first-order chi connectivity index (χ1) is 8.26. The minimum Gasteiger partial charge on any atom is -0.477 e. The van der Waals surface area contributed by atoms with Gasteiger partial charge in [0, 0.05) is 12.6 Å². The third kappa shape index (κ3) is 5.57. The summed E-state index contributed by atoms with van der Waals surface area (Å²) in [5.74, 6) is 2.20. The standard InChI is InChI=1S/C14H24N2O/c1-4-7-12(3)11-17-14-9-6-8-13(16-14)15-10-5-2/h6,8-9,12H,4-5,7,10-11H2,1-3H3,(H,15,16). The van der Waals surface area contributed by atoms with Gasteiger partial charge in [0.15, 0.2) is 0 Å². The van der Waals surface area contributed by atoms with Gasteiger partial charge in [-0.15, -0.1) is 0 Å². The van der Waals surface area contributed by atoms with E-state index in [1.165, 1.54) is 12.8 Å². The maximum Gasteiger partial charge on any atom is 0.215 e. The Morgan fingerprint density at radius 3 is 2.82 bits per heavy atom. The molecule has 1 unspecified atom stereocenters. The highest BCUT2D eigenvalue weighted by Gasteiger charge is 2.03. The van der Waals surface area contributed by atoms with E-state index in [0.29, 0.717) is 11.8 Å². The van der Waals surface area contributed by atoms with Crippen molar-refractivity contribution in [2.45, 2.75) is 40.0 Å². The molecule has 0 saturated carbocycles. The third-order valence-electron chi connectivity index (χ3n) is 2.58. The zero-order valence-electron chi connectivity index (χ0n) is 11.2. The van der Waals surface area contributed by atoms with Gasteiger partial charge < -0.3 is 10.1 Å². The average Bonchev–Trinajstić information content (AvgIpc) is 2.35. The smallest absolute Gasteiger partial charge is 0.215 e. The minimum atomic E-state index is 0.592. The lowest BCUT2D eigenvalue weighted by Crippen LogP contribution is -2.09. The van der Waals surface area contributed by atoms with Gasteiger partial charge in [-0.25, -0.2) is 0 Å². The summed E-state index contributed by atoms with van der Waals surface area (Å²) in [7, 11) is 0. The second-order valence-electron chi connectivity index (χ2n) is 4.49. The SMILES string of the molecule is CCCNc1cccc(OCC(C)CCC)n1. The molecular formula is C14H24N2O. The van der Waals surface area contributed by atoms with Crippen molar-refractivity contribution in [2.24, 2.45) is 5.92 Å². The predicted molar refractivity (Wildman–Crippen MR) is 72.6 cm³/mol. The fourth-order valence-electron chi connectivity index (χ4n) is 1.65. The van der Waals surface area contributed by atoms with E-state index in [4.69, 9.17) is 4.74 Å². The van der Waals surface area contributed by atoms with E-state index in [2.05, 4.69) is 31.1 Å². The highest BCUT2D eigenvalue weighted by molar-refractivity contribution is 5.36. The lowest BCUT2D eigenvalue weighted by molar-refractivity contribution is 0.243. The summed E-state index contributed by atoms with van der Waals surface area (Å²) < 4.78 is 5.69. The van der Waals surface area contributed by atoms with Gasteiger partial charge in [0.1, 0.15) is 5.82 Å². The Kier molecular flexibility index (Phi) is 6.45. The van der Waals surface area contributed by atoms with Crippen molar-refractivity contribution in [3.8, 4) is 5.88 Å². The van der Waals surface area contributed by atoms with Crippen LogP contribution in [0.4, 0.5) is 5.82 Å². The second kappa shape index (κ2) is 7.93. The summed E-state index contributed by atoms with van der Waals surface area (Å²) in [6, 6.07) is 5.86. The van der Waals surface area contributed by atoms with Gasteiger partial charge in [0.05, 0.1) is 6.61 Å². The number of rotatable bonds is 8. The van der Waals surface area contributed by atoms with Crippen molar-refractivity contribution in [3.05, 3.63) is 18.2 Å². The molecule has 3 heteroatoms. The molecule has 0 radical (unpaired) electrons. The highest BCUT2D eigenvalue weighted by Crippen LogP contribution is 2.13. The van der Waals surface area contributed by atoms with Crippen LogP contribution in [0.5, 0.6) is 5.88 Å². The molecule has 1 heterocycles. The van der Waals surface area contributed by atoms with Gasteiger partial charge in [-0.1, -0.05) is 33.3 Å². The van der Waals surface area contributed by atoms with Gasteiger partial charge >= 0.3 is 0 Å². The first kappa shape index (κ1) is 13.8. The zero-order valence-corrected chi connectivity index (χ0v) is 11.2. The summed E-state index contributed by atoms with van der Waals surface area (Å²) in [6.45, 7) is 8.24. The average molecular weight is 236 g/mol. The fraction of sp³-hybridized carbons (Fsp3) is 0.643. The topological polar surface area (TPSA) is 34.1 Å². The van der Waals surface area contributed by atoms with Crippen molar-refractivity contribution in [1.82, 2.24) is 4.98 Å². The Hall–Kier alpha value is -1.25. The number of nitrogens with zero attached hydrogens (tertiary/aromatic N) is 1. The summed E-state index contributed by atoms with van der Waals surface area (Å²) in [4.78, 5) is 4.41. The third-order valence-corrected chi connectivity index (χ3v) is 2.58. The number of ether oxygens (including phenoxy) is 1. The number of hydrogen-bond donors (Lipinski definition) is 1. The van der Waals surface area contributed by atoms with Crippen molar-refractivity contribution in [2.75, 3.05) is 18.5 Å². The molecule has 0 bridgehead atoms. The van der Waals surface area contributed by atoms with Gasteiger partial charge in [0.2, 0.25) is 5.88 Å². The number of pyridine rings is 1. The minimum absolute atomic E-state index is 0.592. The molecular weight excluding hydrogens is 212 g/mol. The summed E-state index contributed by atoms with van der Waals surface area (Å²) in [6.07, 6.45) is 3.50. The van der Waals surface area contributed by atoms with E-state index in [1.807, 2.05) is 18.2 Å². The van der Waals surface area contributed by atoms with Crippen LogP contribution < -0.4 is 10.1 Å². The quantitative estimate of drug-likeness (QED) is 0.747. The molecule has 0 aromatic carbocycles. The largest absolute Gasteiger partial charge is 0.477 e. The Morgan fingerprint density at radius 2 is 2.12 bits per heavy atom. The van der Waals surface area contributed by atoms with Gasteiger partial charge in [-0.3, -0.25) is 0 Å². The first-order valence-electron chi connectivity index (χ1n) is 6.60. The lowest BCUT2D eigenvalue weighted by atomic mass is 10.1. The number of aromatic nitrogens is 1. The molecule has 3 nitrogen and oxygen atoms in total. The monoisotopic (exact) mass is 236 g/mol. The van der Waals surface area contributed by atoms with Crippen LogP contribution in [-0.4, -0.2) is 18.1 Å². The van der Waals surface area contributed by atoms with Crippen LogP contribution in [0.1, 0.15) is 40.0 Å². The van der Waals surface area contributed by atoms with E-state index in [-0.39, 0.29) is 0 Å². The molecule has 96 valence electrons. The first-order valence-corrected chi connectivity index (χ1v) is 6.60. The molecule has 0 saturated heterocycles. The van der Waals surface area contributed by atoms with Crippen LogP contribution in [0.25, 0.3) is 0 Å². The Balaban J connectivity index is 2.42. The fourth-order valence-corrected chi connectivity index (χ4v) is 1.65. The number of hydrogen-bond acceptors (Lipinski definition) is 3. The molecule has 1 aromatic rings. The van der Waals surface area contributed by atoms with Crippen LogP contribution in [0.3, 0.4) is 0 Å². The Labute approximate surface area is 105 Å². The van der Waals surface area contributed by atoms with Crippen LogP contribution in [0.2, 0.25) is 0 Å². The Morgan fingerprint density at radius 1 is 1.29 bits per heavy atom. The van der Waals surface area contributed by atoms with E-state index in [9.17, 15) is 0 Å². The summed E-state index contributed by atoms with van der Waals surface area (Å²) >= 11 is 0. The molecule has 1 atom stereocenters. The second-order valence-corrected chi connectivity index (χ2v) is 4.49. The van der Waals surface area contributed by atoms with Crippen molar-refractivity contribution in [3.63, 3.8) is 0 Å².